The molecule has 1 aromatic carbocycles. The zero-order chi connectivity index (χ0) is 16.9. The smallest absolute Gasteiger partial charge is 0.230 e. The van der Waals surface area contributed by atoms with E-state index in [0.29, 0.717) is 12.4 Å². The van der Waals surface area contributed by atoms with Crippen LogP contribution in [-0.2, 0) is 4.79 Å². The van der Waals surface area contributed by atoms with Crippen LogP contribution in [0.1, 0.15) is 36.9 Å². The van der Waals surface area contributed by atoms with Gasteiger partial charge in [-0.3, -0.25) is 4.79 Å². The predicted molar refractivity (Wildman–Crippen MR) is 94.1 cm³/mol. The zero-order valence-corrected chi connectivity index (χ0v) is 14.3. The van der Waals surface area contributed by atoms with Crippen molar-refractivity contribution in [1.82, 2.24) is 9.88 Å². The van der Waals surface area contributed by atoms with Crippen LogP contribution >= 0.6 is 0 Å². The van der Waals surface area contributed by atoms with E-state index in [1.54, 1.807) is 0 Å². The summed E-state index contributed by atoms with van der Waals surface area (Å²) in [5.74, 6) is 0.776. The SMILES string of the molecule is CCC(C(=O)N1CCC(Oc2cccc(C)n2)C1)c1ccccc1. The minimum atomic E-state index is -0.0676. The third-order valence-corrected chi connectivity index (χ3v) is 4.52. The second-order valence-corrected chi connectivity index (χ2v) is 6.30. The summed E-state index contributed by atoms with van der Waals surface area (Å²) in [4.78, 5) is 19.2. The number of nitrogens with zero attached hydrogens (tertiary/aromatic N) is 2. The van der Waals surface area contributed by atoms with Gasteiger partial charge in [0, 0.05) is 24.7 Å². The van der Waals surface area contributed by atoms with Gasteiger partial charge in [-0.1, -0.05) is 43.3 Å². The van der Waals surface area contributed by atoms with E-state index in [0.717, 1.165) is 30.6 Å². The third-order valence-electron chi connectivity index (χ3n) is 4.52. The summed E-state index contributed by atoms with van der Waals surface area (Å²) in [6.45, 7) is 5.40. The average Bonchev–Trinajstić information content (AvgIpc) is 3.05. The molecule has 2 aromatic rings. The molecule has 126 valence electrons. The Morgan fingerprint density at radius 1 is 1.25 bits per heavy atom. The summed E-state index contributed by atoms with van der Waals surface area (Å²) in [6, 6.07) is 15.8. The van der Waals surface area contributed by atoms with Crippen LogP contribution in [0.5, 0.6) is 5.88 Å². The van der Waals surface area contributed by atoms with Gasteiger partial charge < -0.3 is 9.64 Å². The highest BCUT2D eigenvalue weighted by Crippen LogP contribution is 2.25. The van der Waals surface area contributed by atoms with Crippen LogP contribution in [0.2, 0.25) is 0 Å². The summed E-state index contributed by atoms with van der Waals surface area (Å²) >= 11 is 0. The van der Waals surface area contributed by atoms with Crippen molar-refractivity contribution in [2.75, 3.05) is 13.1 Å². The van der Waals surface area contributed by atoms with Crippen molar-refractivity contribution >= 4 is 5.91 Å². The Bertz CT molecular complexity index is 687. The topological polar surface area (TPSA) is 42.4 Å². The fourth-order valence-electron chi connectivity index (χ4n) is 3.24. The molecule has 1 aromatic heterocycles. The monoisotopic (exact) mass is 324 g/mol. The van der Waals surface area contributed by atoms with Gasteiger partial charge in [-0.25, -0.2) is 4.98 Å². The molecule has 4 heteroatoms. The number of hydrogen-bond donors (Lipinski definition) is 0. The molecule has 0 spiro atoms. The number of rotatable bonds is 5. The van der Waals surface area contributed by atoms with Gasteiger partial charge in [0.25, 0.3) is 0 Å². The molecule has 0 aliphatic carbocycles. The number of pyridine rings is 1. The molecule has 2 heterocycles. The van der Waals surface area contributed by atoms with Gasteiger partial charge in [0.2, 0.25) is 11.8 Å². The molecule has 1 aliphatic heterocycles. The van der Waals surface area contributed by atoms with Crippen LogP contribution in [0.3, 0.4) is 0 Å². The molecule has 0 radical (unpaired) electrons. The predicted octanol–water partition coefficient (Wildman–Crippen LogP) is 3.56. The molecule has 1 aliphatic rings. The van der Waals surface area contributed by atoms with Crippen LogP contribution < -0.4 is 4.74 Å². The normalized spacial score (nSPS) is 18.4. The first-order valence-electron chi connectivity index (χ1n) is 8.61. The number of benzene rings is 1. The number of amides is 1. The minimum Gasteiger partial charge on any atom is -0.472 e. The molecule has 24 heavy (non-hydrogen) atoms. The van der Waals surface area contributed by atoms with E-state index >= 15 is 0 Å². The molecule has 1 saturated heterocycles. The fraction of sp³-hybridized carbons (Fsp3) is 0.400. The van der Waals surface area contributed by atoms with Crippen LogP contribution in [-0.4, -0.2) is 35.0 Å². The van der Waals surface area contributed by atoms with E-state index in [9.17, 15) is 4.79 Å². The van der Waals surface area contributed by atoms with Crippen LogP contribution in [0.25, 0.3) is 0 Å². The van der Waals surface area contributed by atoms with E-state index in [2.05, 4.69) is 11.9 Å². The number of carbonyl (C=O) groups excluding carboxylic acids is 1. The molecule has 0 bridgehead atoms. The Hall–Kier alpha value is -2.36. The van der Waals surface area contributed by atoms with Crippen LogP contribution in [0.4, 0.5) is 0 Å². The van der Waals surface area contributed by atoms with Crippen molar-refractivity contribution in [3.8, 4) is 5.88 Å². The van der Waals surface area contributed by atoms with Crippen molar-refractivity contribution in [2.24, 2.45) is 0 Å². The molecule has 3 rings (SSSR count). The summed E-state index contributed by atoms with van der Waals surface area (Å²) in [5.41, 5.74) is 2.03. The lowest BCUT2D eigenvalue weighted by Crippen LogP contribution is -2.34. The van der Waals surface area contributed by atoms with Crippen LogP contribution in [0, 0.1) is 6.92 Å². The maximum absolute atomic E-state index is 12.9. The molecule has 2 atom stereocenters. The van der Waals surface area contributed by atoms with Gasteiger partial charge in [-0.15, -0.1) is 0 Å². The molecule has 1 fully saturated rings. The highest BCUT2D eigenvalue weighted by Gasteiger charge is 2.31. The second kappa shape index (κ2) is 7.47. The number of hydrogen-bond acceptors (Lipinski definition) is 3. The second-order valence-electron chi connectivity index (χ2n) is 6.30. The van der Waals surface area contributed by atoms with E-state index in [1.165, 1.54) is 0 Å². The van der Waals surface area contributed by atoms with Crippen LogP contribution in [0.15, 0.2) is 48.5 Å². The minimum absolute atomic E-state index is 0.0246. The maximum Gasteiger partial charge on any atom is 0.230 e. The van der Waals surface area contributed by atoms with E-state index in [-0.39, 0.29) is 17.9 Å². The first-order valence-corrected chi connectivity index (χ1v) is 8.61. The summed E-state index contributed by atoms with van der Waals surface area (Å²) < 4.78 is 5.95. The fourth-order valence-corrected chi connectivity index (χ4v) is 3.24. The van der Waals surface area contributed by atoms with Crippen molar-refractivity contribution in [1.29, 1.82) is 0 Å². The molecule has 2 unspecified atom stereocenters. The number of carbonyl (C=O) groups is 1. The molecule has 4 nitrogen and oxygen atoms in total. The number of ether oxygens (including phenoxy) is 1. The first kappa shape index (κ1) is 16.5. The Morgan fingerprint density at radius 2 is 2.04 bits per heavy atom. The van der Waals surface area contributed by atoms with Crippen molar-refractivity contribution in [3.63, 3.8) is 0 Å². The Kier molecular flexibility index (Phi) is 5.14. The first-order chi connectivity index (χ1) is 11.7. The molecule has 0 saturated carbocycles. The van der Waals surface area contributed by atoms with E-state index in [4.69, 9.17) is 4.74 Å². The number of likely N-dealkylation sites (tertiary alicyclic amines) is 1. The lowest BCUT2D eigenvalue weighted by atomic mass is 9.95. The van der Waals surface area contributed by atoms with Gasteiger partial charge in [0.05, 0.1) is 12.5 Å². The third kappa shape index (κ3) is 3.75. The molecule has 0 N–H and O–H groups in total. The van der Waals surface area contributed by atoms with E-state index in [1.807, 2.05) is 60.4 Å². The highest BCUT2D eigenvalue weighted by atomic mass is 16.5. The Morgan fingerprint density at radius 3 is 2.75 bits per heavy atom. The molecular formula is C20H24N2O2. The molecule has 1 amide bonds. The number of aryl methyl sites for hydroxylation is 1. The van der Waals surface area contributed by atoms with Gasteiger partial charge in [-0.05, 0) is 25.0 Å². The van der Waals surface area contributed by atoms with Crippen molar-refractivity contribution < 1.29 is 9.53 Å². The highest BCUT2D eigenvalue weighted by molar-refractivity contribution is 5.84. The van der Waals surface area contributed by atoms with Gasteiger partial charge in [-0.2, -0.15) is 0 Å². The standard InChI is InChI=1S/C20H24N2O2/c1-3-18(16-9-5-4-6-10-16)20(23)22-13-12-17(14-22)24-19-11-7-8-15(2)21-19/h4-11,17-18H,3,12-14H2,1-2H3. The average molecular weight is 324 g/mol. The number of aromatic nitrogens is 1. The van der Waals surface area contributed by atoms with E-state index < -0.39 is 0 Å². The lowest BCUT2D eigenvalue weighted by molar-refractivity contribution is -0.132. The summed E-state index contributed by atoms with van der Waals surface area (Å²) in [6.07, 6.45) is 1.69. The summed E-state index contributed by atoms with van der Waals surface area (Å²) in [5, 5.41) is 0. The largest absolute Gasteiger partial charge is 0.472 e. The van der Waals surface area contributed by atoms with Crippen molar-refractivity contribution in [2.45, 2.75) is 38.7 Å². The quantitative estimate of drug-likeness (QED) is 0.844. The lowest BCUT2D eigenvalue weighted by Gasteiger charge is -2.23. The maximum atomic E-state index is 12.9. The summed E-state index contributed by atoms with van der Waals surface area (Å²) in [7, 11) is 0. The van der Waals surface area contributed by atoms with Crippen molar-refractivity contribution in [3.05, 3.63) is 59.8 Å². The molecular weight excluding hydrogens is 300 g/mol. The Labute approximate surface area is 143 Å². The zero-order valence-electron chi connectivity index (χ0n) is 14.3. The van der Waals surface area contributed by atoms with Gasteiger partial charge >= 0.3 is 0 Å². The van der Waals surface area contributed by atoms with Gasteiger partial charge in [0.15, 0.2) is 0 Å². The van der Waals surface area contributed by atoms with Gasteiger partial charge in [0.1, 0.15) is 6.10 Å². The Balaban J connectivity index is 1.63.